The molecule has 0 aliphatic rings. The average Bonchev–Trinajstić information content (AvgIpc) is 2.83. The quantitative estimate of drug-likeness (QED) is 0.878. The average molecular weight is 367 g/mol. The molecular formula is C16H21N3O3S2. The largest absolute Gasteiger partial charge is 0.300 e. The number of hydrogen-bond acceptors (Lipinski definition) is 6. The highest BCUT2D eigenvalue weighted by molar-refractivity contribution is 7.92. The molecule has 2 aromatic rings. The maximum Gasteiger partial charge on any atom is 0.241 e. The molecule has 0 bridgehead atoms. The first-order valence-electron chi connectivity index (χ1n) is 7.47. The minimum Gasteiger partial charge on any atom is -0.300 e. The molecule has 2 rings (SSSR count). The Labute approximate surface area is 146 Å². The van der Waals surface area contributed by atoms with Gasteiger partial charge in [0.25, 0.3) is 0 Å². The van der Waals surface area contributed by atoms with Gasteiger partial charge in [-0.2, -0.15) is 0 Å². The highest BCUT2D eigenvalue weighted by Gasteiger charge is 2.21. The zero-order chi connectivity index (χ0) is 18.0. The summed E-state index contributed by atoms with van der Waals surface area (Å²) < 4.78 is 24.5. The van der Waals surface area contributed by atoms with E-state index >= 15 is 0 Å². The zero-order valence-corrected chi connectivity index (χ0v) is 15.8. The normalized spacial score (nSPS) is 12.2. The smallest absolute Gasteiger partial charge is 0.241 e. The van der Waals surface area contributed by atoms with Gasteiger partial charge >= 0.3 is 0 Å². The van der Waals surface area contributed by atoms with Gasteiger partial charge < -0.3 is 0 Å². The molecule has 1 amide bonds. The maximum atomic E-state index is 12.2. The van der Waals surface area contributed by atoms with Gasteiger partial charge in [0.05, 0.1) is 4.90 Å². The van der Waals surface area contributed by atoms with E-state index in [9.17, 15) is 13.2 Å². The Morgan fingerprint density at radius 2 is 1.79 bits per heavy atom. The van der Waals surface area contributed by atoms with Crippen LogP contribution in [-0.4, -0.2) is 30.3 Å². The number of rotatable bonds is 5. The first kappa shape index (κ1) is 18.5. The fraction of sp³-hybridized carbons (Fsp3) is 0.438. The number of nitrogens with one attached hydrogen (secondary N) is 1. The molecular weight excluding hydrogens is 346 g/mol. The van der Waals surface area contributed by atoms with Crippen molar-refractivity contribution in [3.63, 3.8) is 0 Å². The lowest BCUT2D eigenvalue weighted by molar-refractivity contribution is -0.113. The Morgan fingerprint density at radius 1 is 1.17 bits per heavy atom. The summed E-state index contributed by atoms with van der Waals surface area (Å²) in [5.41, 5.74) is 1.02. The molecule has 0 saturated heterocycles. The molecule has 0 radical (unpaired) electrons. The molecule has 1 N–H and O–H groups in total. The van der Waals surface area contributed by atoms with Gasteiger partial charge in [0, 0.05) is 6.42 Å². The van der Waals surface area contributed by atoms with E-state index in [1.54, 1.807) is 12.1 Å². The van der Waals surface area contributed by atoms with Gasteiger partial charge in [-0.05, 0) is 24.5 Å². The summed E-state index contributed by atoms with van der Waals surface area (Å²) in [4.78, 5) is 12.1. The van der Waals surface area contributed by atoms with Crippen molar-refractivity contribution >= 4 is 32.2 Å². The van der Waals surface area contributed by atoms with Crippen LogP contribution >= 0.6 is 11.3 Å². The summed E-state index contributed by atoms with van der Waals surface area (Å²) in [6.07, 6.45) is 0.738. The van der Waals surface area contributed by atoms with E-state index in [0.29, 0.717) is 5.13 Å². The van der Waals surface area contributed by atoms with Crippen molar-refractivity contribution in [3.8, 4) is 0 Å². The van der Waals surface area contributed by atoms with Crippen molar-refractivity contribution in [2.24, 2.45) is 5.41 Å². The van der Waals surface area contributed by atoms with Crippen molar-refractivity contribution in [3.05, 3.63) is 34.8 Å². The van der Waals surface area contributed by atoms with Gasteiger partial charge in [0.2, 0.25) is 11.0 Å². The van der Waals surface area contributed by atoms with Gasteiger partial charge in [-0.25, -0.2) is 8.42 Å². The van der Waals surface area contributed by atoms with E-state index in [4.69, 9.17) is 0 Å². The Hall–Kier alpha value is -1.80. The number of nitrogens with zero attached hydrogens (tertiary/aromatic N) is 2. The molecule has 6 nitrogen and oxygen atoms in total. The van der Waals surface area contributed by atoms with Crippen molar-refractivity contribution in [2.45, 2.75) is 39.0 Å². The van der Waals surface area contributed by atoms with Crippen LogP contribution in [0.5, 0.6) is 0 Å². The van der Waals surface area contributed by atoms with Crippen molar-refractivity contribution in [1.29, 1.82) is 0 Å². The van der Waals surface area contributed by atoms with Crippen LogP contribution in [0.4, 0.5) is 5.13 Å². The SMILES string of the molecule is Cc1ccc(S(=O)(=O)CC(=O)Nc2nnc(CC(C)(C)C)s2)cc1. The number of carbonyl (C=O) groups excluding carboxylic acids is 1. The molecule has 0 aliphatic carbocycles. The number of amides is 1. The second kappa shape index (κ2) is 6.98. The van der Waals surface area contributed by atoms with E-state index in [0.717, 1.165) is 17.0 Å². The Kier molecular flexibility index (Phi) is 5.39. The first-order chi connectivity index (χ1) is 11.0. The van der Waals surface area contributed by atoms with Crippen LogP contribution in [0, 0.1) is 12.3 Å². The second-order valence-corrected chi connectivity index (χ2v) is 9.91. The Balaban J connectivity index is 2.01. The van der Waals surface area contributed by atoms with Gasteiger partial charge in [0.1, 0.15) is 10.8 Å². The summed E-state index contributed by atoms with van der Waals surface area (Å²) in [7, 11) is -3.67. The number of aromatic nitrogens is 2. The lowest BCUT2D eigenvalue weighted by Crippen LogP contribution is -2.23. The van der Waals surface area contributed by atoms with E-state index in [1.165, 1.54) is 23.5 Å². The molecule has 0 fully saturated rings. The molecule has 0 saturated carbocycles. The predicted molar refractivity (Wildman–Crippen MR) is 94.9 cm³/mol. The number of sulfone groups is 1. The third kappa shape index (κ3) is 5.38. The van der Waals surface area contributed by atoms with Crippen LogP contribution in [0.2, 0.25) is 0 Å². The number of carbonyl (C=O) groups is 1. The molecule has 8 heteroatoms. The van der Waals surface area contributed by atoms with Crippen LogP contribution in [0.1, 0.15) is 31.3 Å². The van der Waals surface area contributed by atoms with Gasteiger partial charge in [-0.15, -0.1) is 10.2 Å². The summed E-state index contributed by atoms with van der Waals surface area (Å²) in [5.74, 6) is -1.24. The molecule has 1 aromatic carbocycles. The van der Waals surface area contributed by atoms with Crippen LogP contribution in [0.3, 0.4) is 0 Å². The standard InChI is InChI=1S/C16H21N3O3S2/c1-11-5-7-12(8-6-11)24(21,22)10-13(20)17-15-19-18-14(23-15)9-16(2,3)4/h5-8H,9-10H2,1-4H3,(H,17,19,20). The maximum absolute atomic E-state index is 12.2. The monoisotopic (exact) mass is 367 g/mol. The molecule has 0 atom stereocenters. The van der Waals surface area contributed by atoms with Crippen LogP contribution in [-0.2, 0) is 21.1 Å². The molecule has 0 spiro atoms. The van der Waals surface area contributed by atoms with Crippen molar-refractivity contribution in [2.75, 3.05) is 11.1 Å². The Morgan fingerprint density at radius 3 is 2.38 bits per heavy atom. The van der Waals surface area contributed by atoms with E-state index in [-0.39, 0.29) is 10.3 Å². The number of hydrogen-bond donors (Lipinski definition) is 1. The predicted octanol–water partition coefficient (Wildman–Crippen LogP) is 2.85. The second-order valence-electron chi connectivity index (χ2n) is 6.86. The van der Waals surface area contributed by atoms with Crippen molar-refractivity contribution in [1.82, 2.24) is 10.2 Å². The summed E-state index contributed by atoms with van der Waals surface area (Å²) >= 11 is 1.26. The highest BCUT2D eigenvalue weighted by atomic mass is 32.2. The lowest BCUT2D eigenvalue weighted by atomic mass is 9.93. The first-order valence-corrected chi connectivity index (χ1v) is 9.94. The number of aryl methyl sites for hydroxylation is 1. The van der Waals surface area contributed by atoms with E-state index < -0.39 is 21.5 Å². The Bertz CT molecular complexity index is 819. The molecule has 1 heterocycles. The number of anilines is 1. The molecule has 130 valence electrons. The minimum absolute atomic E-state index is 0.0651. The fourth-order valence-corrected chi connectivity index (χ4v) is 4.18. The van der Waals surface area contributed by atoms with Gasteiger partial charge in [-0.3, -0.25) is 10.1 Å². The van der Waals surface area contributed by atoms with Crippen molar-refractivity contribution < 1.29 is 13.2 Å². The third-order valence-electron chi connectivity index (χ3n) is 3.10. The molecule has 0 aliphatic heterocycles. The molecule has 24 heavy (non-hydrogen) atoms. The summed E-state index contributed by atoms with van der Waals surface area (Å²) in [6.45, 7) is 8.12. The van der Waals surface area contributed by atoms with Crippen LogP contribution < -0.4 is 5.32 Å². The molecule has 0 unspecified atom stereocenters. The summed E-state index contributed by atoms with van der Waals surface area (Å²) in [6, 6.07) is 6.41. The lowest BCUT2D eigenvalue weighted by Gasteiger charge is -2.14. The zero-order valence-electron chi connectivity index (χ0n) is 14.2. The highest BCUT2D eigenvalue weighted by Crippen LogP contribution is 2.24. The van der Waals surface area contributed by atoms with Gasteiger partial charge in [0.15, 0.2) is 9.84 Å². The topological polar surface area (TPSA) is 89.0 Å². The van der Waals surface area contributed by atoms with E-state index in [1.807, 2.05) is 6.92 Å². The fourth-order valence-electron chi connectivity index (χ4n) is 1.99. The minimum atomic E-state index is -3.67. The van der Waals surface area contributed by atoms with Crippen LogP contribution in [0.15, 0.2) is 29.2 Å². The molecule has 1 aromatic heterocycles. The van der Waals surface area contributed by atoms with Crippen LogP contribution in [0.25, 0.3) is 0 Å². The number of benzene rings is 1. The third-order valence-corrected chi connectivity index (χ3v) is 5.57. The van der Waals surface area contributed by atoms with E-state index in [2.05, 4.69) is 36.3 Å². The summed E-state index contributed by atoms with van der Waals surface area (Å²) in [5, 5.41) is 11.6. The van der Waals surface area contributed by atoms with Gasteiger partial charge in [-0.1, -0.05) is 49.8 Å².